The van der Waals surface area contributed by atoms with Gasteiger partial charge in [0.05, 0.1) is 21.1 Å². The summed E-state index contributed by atoms with van der Waals surface area (Å²) in [6.45, 7) is 0. The predicted molar refractivity (Wildman–Crippen MR) is 107 cm³/mol. The van der Waals surface area contributed by atoms with Crippen LogP contribution in [0, 0.1) is 10.1 Å². The van der Waals surface area contributed by atoms with Crippen molar-refractivity contribution in [3.63, 3.8) is 0 Å². The predicted octanol–water partition coefficient (Wildman–Crippen LogP) is 4.20. The van der Waals surface area contributed by atoms with Crippen molar-refractivity contribution in [3.05, 3.63) is 92.7 Å². The fraction of sp³-hybridized carbons (Fsp3) is 0.105. The number of nitrogens with zero attached hydrogens (tertiary/aromatic N) is 3. The molecule has 1 aliphatic rings. The molecule has 0 fully saturated rings. The van der Waals surface area contributed by atoms with E-state index in [-0.39, 0.29) is 17.0 Å². The largest absolute Gasteiger partial charge is 0.279 e. The van der Waals surface area contributed by atoms with Crippen LogP contribution in [0.5, 0.6) is 0 Å². The molecule has 1 aromatic heterocycles. The molecular weight excluding hydrogens is 398 g/mol. The maximum atomic E-state index is 13.2. The van der Waals surface area contributed by atoms with E-state index in [0.29, 0.717) is 11.3 Å². The third-order valence-corrected chi connectivity index (χ3v) is 7.11. The first-order valence-corrected chi connectivity index (χ1v) is 10.7. The van der Waals surface area contributed by atoms with Crippen LogP contribution in [0.1, 0.15) is 22.9 Å². The summed E-state index contributed by atoms with van der Waals surface area (Å²) in [4.78, 5) is 11.9. The van der Waals surface area contributed by atoms with Gasteiger partial charge in [0.25, 0.3) is 15.7 Å². The summed E-state index contributed by atoms with van der Waals surface area (Å²) in [6, 6.07) is 17.5. The van der Waals surface area contributed by atoms with Gasteiger partial charge >= 0.3 is 0 Å². The minimum Gasteiger partial charge on any atom is -0.258 e. The third-order valence-electron chi connectivity index (χ3n) is 4.44. The Bertz CT molecular complexity index is 1140. The Balaban J connectivity index is 1.84. The summed E-state index contributed by atoms with van der Waals surface area (Å²) in [6.07, 6.45) is 0.261. The van der Waals surface area contributed by atoms with Gasteiger partial charge in [-0.2, -0.15) is 17.9 Å². The molecule has 0 saturated carbocycles. The lowest BCUT2D eigenvalue weighted by molar-refractivity contribution is -0.385. The van der Waals surface area contributed by atoms with Crippen LogP contribution in [-0.4, -0.2) is 23.5 Å². The number of sulfonamides is 1. The van der Waals surface area contributed by atoms with Crippen molar-refractivity contribution in [1.82, 2.24) is 4.41 Å². The standard InChI is InChI=1S/C19H15N3O4S2/c23-22(24)17-10-5-4-9-15(17)16-13-18(19-11-6-12-27-19)21(20-16)28(25,26)14-7-2-1-3-8-14/h1-12,18H,13H2. The zero-order valence-corrected chi connectivity index (χ0v) is 16.1. The lowest BCUT2D eigenvalue weighted by Crippen LogP contribution is -2.26. The van der Waals surface area contributed by atoms with Crippen molar-refractivity contribution in [2.45, 2.75) is 17.4 Å². The molecule has 3 aromatic rings. The van der Waals surface area contributed by atoms with Crippen LogP contribution in [0.3, 0.4) is 0 Å². The fourth-order valence-electron chi connectivity index (χ4n) is 3.14. The fourth-order valence-corrected chi connectivity index (χ4v) is 5.47. The van der Waals surface area contributed by atoms with Crippen molar-refractivity contribution in [2.24, 2.45) is 5.10 Å². The Kier molecular flexibility index (Phi) is 4.70. The summed E-state index contributed by atoms with van der Waals surface area (Å²) in [5.74, 6) is 0. The van der Waals surface area contributed by atoms with E-state index in [1.165, 1.54) is 29.5 Å². The molecule has 7 nitrogen and oxygen atoms in total. The Labute approximate surface area is 165 Å². The molecule has 0 bridgehead atoms. The van der Waals surface area contributed by atoms with E-state index >= 15 is 0 Å². The monoisotopic (exact) mass is 413 g/mol. The maximum Gasteiger partial charge on any atom is 0.279 e. The Morgan fingerprint density at radius 3 is 2.43 bits per heavy atom. The van der Waals surface area contributed by atoms with Gasteiger partial charge in [-0.25, -0.2) is 0 Å². The van der Waals surface area contributed by atoms with Crippen molar-refractivity contribution in [2.75, 3.05) is 0 Å². The first-order valence-electron chi connectivity index (χ1n) is 8.42. The lowest BCUT2D eigenvalue weighted by atomic mass is 10.0. The third kappa shape index (κ3) is 3.19. The molecule has 0 spiro atoms. The highest BCUT2D eigenvalue weighted by Crippen LogP contribution is 2.39. The number of thiophene rings is 1. The molecule has 0 saturated heterocycles. The van der Waals surface area contributed by atoms with Gasteiger partial charge < -0.3 is 0 Å². The summed E-state index contributed by atoms with van der Waals surface area (Å²) in [5, 5.41) is 17.6. The van der Waals surface area contributed by atoms with Gasteiger partial charge in [-0.05, 0) is 29.6 Å². The highest BCUT2D eigenvalue weighted by atomic mass is 32.2. The van der Waals surface area contributed by atoms with Crippen LogP contribution < -0.4 is 0 Å². The zero-order chi connectivity index (χ0) is 19.7. The molecular formula is C19H15N3O4S2. The molecule has 28 heavy (non-hydrogen) atoms. The zero-order valence-electron chi connectivity index (χ0n) is 14.5. The summed E-state index contributed by atoms with van der Waals surface area (Å²) < 4.78 is 27.5. The molecule has 0 amide bonds. The molecule has 0 N–H and O–H groups in total. The Morgan fingerprint density at radius 1 is 1.04 bits per heavy atom. The molecule has 0 radical (unpaired) electrons. The van der Waals surface area contributed by atoms with Gasteiger partial charge in [0.2, 0.25) is 0 Å². The number of rotatable bonds is 5. The molecule has 1 atom stereocenters. The second-order valence-electron chi connectivity index (χ2n) is 6.15. The maximum absolute atomic E-state index is 13.2. The molecule has 0 aliphatic carbocycles. The molecule has 142 valence electrons. The molecule has 2 heterocycles. The second kappa shape index (κ2) is 7.17. The summed E-state index contributed by atoms with van der Waals surface area (Å²) >= 11 is 1.43. The molecule has 9 heteroatoms. The first kappa shape index (κ1) is 18.3. The smallest absolute Gasteiger partial charge is 0.258 e. The van der Waals surface area contributed by atoms with Gasteiger partial charge in [-0.1, -0.05) is 36.4 Å². The van der Waals surface area contributed by atoms with E-state index in [0.717, 1.165) is 9.29 Å². The lowest BCUT2D eigenvalue weighted by Gasteiger charge is -2.22. The van der Waals surface area contributed by atoms with Crippen molar-refractivity contribution in [1.29, 1.82) is 0 Å². The highest BCUT2D eigenvalue weighted by molar-refractivity contribution is 7.89. The Hall–Kier alpha value is -3.04. The average Bonchev–Trinajstić information content (AvgIpc) is 3.38. The van der Waals surface area contributed by atoms with Crippen LogP contribution >= 0.6 is 11.3 Å². The van der Waals surface area contributed by atoms with E-state index in [1.807, 2.05) is 17.5 Å². The van der Waals surface area contributed by atoms with E-state index in [1.54, 1.807) is 36.4 Å². The van der Waals surface area contributed by atoms with Gasteiger partial charge in [-0.3, -0.25) is 10.1 Å². The van der Waals surface area contributed by atoms with E-state index in [2.05, 4.69) is 5.10 Å². The minimum absolute atomic E-state index is 0.0925. The average molecular weight is 413 g/mol. The number of nitro groups is 1. The quantitative estimate of drug-likeness (QED) is 0.463. The van der Waals surface area contributed by atoms with Crippen molar-refractivity contribution in [3.8, 4) is 0 Å². The minimum atomic E-state index is -3.91. The normalized spacial score (nSPS) is 16.8. The number of hydrazone groups is 1. The van der Waals surface area contributed by atoms with Crippen LogP contribution in [0.15, 0.2) is 82.1 Å². The van der Waals surface area contributed by atoms with E-state index in [4.69, 9.17) is 0 Å². The number of hydrogen-bond donors (Lipinski definition) is 0. The number of nitro benzene ring substituents is 1. The van der Waals surface area contributed by atoms with E-state index < -0.39 is 21.0 Å². The van der Waals surface area contributed by atoms with Crippen LogP contribution in [-0.2, 0) is 10.0 Å². The van der Waals surface area contributed by atoms with E-state index in [9.17, 15) is 18.5 Å². The summed E-state index contributed by atoms with van der Waals surface area (Å²) in [5.41, 5.74) is 0.621. The topological polar surface area (TPSA) is 92.9 Å². The number of para-hydroxylation sites is 1. The number of hydrogen-bond acceptors (Lipinski definition) is 6. The van der Waals surface area contributed by atoms with Crippen LogP contribution in [0.25, 0.3) is 0 Å². The summed E-state index contributed by atoms with van der Waals surface area (Å²) in [7, 11) is -3.91. The molecule has 1 aliphatic heterocycles. The van der Waals surface area contributed by atoms with Gasteiger partial charge in [0.15, 0.2) is 0 Å². The van der Waals surface area contributed by atoms with Gasteiger partial charge in [0, 0.05) is 17.4 Å². The highest BCUT2D eigenvalue weighted by Gasteiger charge is 2.39. The SMILES string of the molecule is O=[N+]([O-])c1ccccc1C1=NN(S(=O)(=O)c2ccccc2)C(c2cccs2)C1. The second-order valence-corrected chi connectivity index (χ2v) is 8.92. The van der Waals surface area contributed by atoms with Gasteiger partial charge in [-0.15, -0.1) is 11.3 Å². The molecule has 2 aromatic carbocycles. The van der Waals surface area contributed by atoms with Crippen LogP contribution in [0.4, 0.5) is 5.69 Å². The van der Waals surface area contributed by atoms with Gasteiger partial charge in [0.1, 0.15) is 6.04 Å². The first-order chi connectivity index (χ1) is 13.5. The Morgan fingerprint density at radius 2 is 1.75 bits per heavy atom. The molecule has 1 unspecified atom stereocenters. The number of benzene rings is 2. The van der Waals surface area contributed by atoms with Crippen LogP contribution in [0.2, 0.25) is 0 Å². The van der Waals surface area contributed by atoms with Crippen molar-refractivity contribution < 1.29 is 13.3 Å². The molecule has 4 rings (SSSR count). The van der Waals surface area contributed by atoms with Crippen molar-refractivity contribution >= 4 is 32.8 Å².